The summed E-state index contributed by atoms with van der Waals surface area (Å²) in [4.78, 5) is 2.46. The molecule has 2 heteroatoms. The van der Waals surface area contributed by atoms with Crippen molar-refractivity contribution in [3.63, 3.8) is 0 Å². The van der Waals surface area contributed by atoms with Crippen LogP contribution >= 0.6 is 0 Å². The highest BCUT2D eigenvalue weighted by Crippen LogP contribution is 2.36. The van der Waals surface area contributed by atoms with E-state index < -0.39 is 0 Å². The number of rotatable bonds is 3. The van der Waals surface area contributed by atoms with E-state index in [-0.39, 0.29) is 6.10 Å². The lowest BCUT2D eigenvalue weighted by Crippen LogP contribution is -2.42. The van der Waals surface area contributed by atoms with Gasteiger partial charge in [0.15, 0.2) is 0 Å². The molecule has 2 saturated carbocycles. The third-order valence-electron chi connectivity index (χ3n) is 4.31. The molecule has 0 aromatic rings. The van der Waals surface area contributed by atoms with Gasteiger partial charge in [0.2, 0.25) is 0 Å². The van der Waals surface area contributed by atoms with Crippen molar-refractivity contribution in [2.45, 2.75) is 51.7 Å². The molecule has 0 spiro atoms. The van der Waals surface area contributed by atoms with Crippen molar-refractivity contribution >= 4 is 0 Å². The lowest BCUT2D eigenvalue weighted by Gasteiger charge is -2.39. The lowest BCUT2D eigenvalue weighted by molar-refractivity contribution is 0.000600. The number of aliphatic hydroxyl groups is 1. The van der Waals surface area contributed by atoms with Crippen LogP contribution in [0.5, 0.6) is 0 Å². The molecule has 1 N–H and O–H groups in total. The van der Waals surface area contributed by atoms with Crippen molar-refractivity contribution in [3.05, 3.63) is 0 Å². The maximum atomic E-state index is 10.1. The largest absolute Gasteiger partial charge is 0.393 e. The maximum absolute atomic E-state index is 10.1. The molecule has 0 aromatic carbocycles. The molecule has 4 unspecified atom stereocenters. The van der Waals surface area contributed by atoms with E-state index in [1.165, 1.54) is 19.3 Å². The van der Waals surface area contributed by atoms with Gasteiger partial charge in [-0.15, -0.1) is 0 Å². The Kier molecular flexibility index (Phi) is 3.36. The van der Waals surface area contributed by atoms with Crippen LogP contribution in [0, 0.1) is 17.8 Å². The highest BCUT2D eigenvalue weighted by molar-refractivity contribution is 4.88. The van der Waals surface area contributed by atoms with Gasteiger partial charge in [-0.1, -0.05) is 13.8 Å². The van der Waals surface area contributed by atoms with Gasteiger partial charge >= 0.3 is 0 Å². The van der Waals surface area contributed by atoms with Crippen molar-refractivity contribution in [1.29, 1.82) is 0 Å². The molecule has 2 aliphatic rings. The Morgan fingerprint density at radius 3 is 2.40 bits per heavy atom. The van der Waals surface area contributed by atoms with Gasteiger partial charge in [-0.3, -0.25) is 0 Å². The summed E-state index contributed by atoms with van der Waals surface area (Å²) in [7, 11) is 2.22. The average Bonchev–Trinajstić information content (AvgIpc) is 2.93. The summed E-state index contributed by atoms with van der Waals surface area (Å²) < 4.78 is 0. The van der Waals surface area contributed by atoms with E-state index in [1.807, 2.05) is 0 Å². The molecule has 4 atom stereocenters. The van der Waals surface area contributed by atoms with E-state index in [0.717, 1.165) is 19.0 Å². The van der Waals surface area contributed by atoms with Crippen molar-refractivity contribution < 1.29 is 5.11 Å². The fraction of sp³-hybridized carbons (Fsp3) is 1.00. The SMILES string of the molecule is CC1CC(C)C(CN(C)C2CC2)C(O)C1. The highest BCUT2D eigenvalue weighted by atomic mass is 16.3. The molecule has 2 aliphatic carbocycles. The molecule has 0 radical (unpaired) electrons. The first kappa shape index (κ1) is 11.4. The van der Waals surface area contributed by atoms with Crippen molar-refractivity contribution in [2.24, 2.45) is 17.8 Å². The van der Waals surface area contributed by atoms with Crippen LogP contribution in [0.25, 0.3) is 0 Å². The Morgan fingerprint density at radius 2 is 1.87 bits per heavy atom. The fourth-order valence-electron chi connectivity index (χ4n) is 3.17. The summed E-state index contributed by atoms with van der Waals surface area (Å²) in [6, 6.07) is 0.823. The quantitative estimate of drug-likeness (QED) is 0.773. The van der Waals surface area contributed by atoms with Gasteiger partial charge in [-0.25, -0.2) is 0 Å². The van der Waals surface area contributed by atoms with Crippen LogP contribution < -0.4 is 0 Å². The van der Waals surface area contributed by atoms with Crippen molar-refractivity contribution in [3.8, 4) is 0 Å². The summed E-state index contributed by atoms with van der Waals surface area (Å²) in [5.41, 5.74) is 0. The minimum absolute atomic E-state index is 0.0649. The minimum atomic E-state index is -0.0649. The monoisotopic (exact) mass is 211 g/mol. The summed E-state index contributed by atoms with van der Waals surface area (Å²) in [6.07, 6.45) is 4.96. The van der Waals surface area contributed by atoms with E-state index in [0.29, 0.717) is 17.8 Å². The number of aliphatic hydroxyl groups excluding tert-OH is 1. The van der Waals surface area contributed by atoms with E-state index >= 15 is 0 Å². The van der Waals surface area contributed by atoms with Crippen LogP contribution in [0.1, 0.15) is 39.5 Å². The summed E-state index contributed by atoms with van der Waals surface area (Å²) in [6.45, 7) is 5.67. The molecular weight excluding hydrogens is 186 g/mol. The predicted molar refractivity (Wildman–Crippen MR) is 62.7 cm³/mol. The third-order valence-corrected chi connectivity index (χ3v) is 4.31. The molecule has 0 amide bonds. The molecule has 15 heavy (non-hydrogen) atoms. The molecule has 2 nitrogen and oxygen atoms in total. The van der Waals surface area contributed by atoms with E-state index in [9.17, 15) is 5.11 Å². The molecular formula is C13H25NO. The van der Waals surface area contributed by atoms with Gasteiger partial charge in [-0.2, -0.15) is 0 Å². The van der Waals surface area contributed by atoms with Crippen LogP contribution in [0.4, 0.5) is 0 Å². The van der Waals surface area contributed by atoms with Crippen LogP contribution in [-0.2, 0) is 0 Å². The molecule has 0 aliphatic heterocycles. The topological polar surface area (TPSA) is 23.5 Å². The third kappa shape index (κ3) is 2.73. The first-order valence-corrected chi connectivity index (χ1v) is 6.46. The second-order valence-corrected chi connectivity index (χ2v) is 5.96. The smallest absolute Gasteiger partial charge is 0.0585 e. The number of nitrogens with zero attached hydrogens (tertiary/aromatic N) is 1. The zero-order valence-corrected chi connectivity index (χ0v) is 10.3. The molecule has 88 valence electrons. The van der Waals surface area contributed by atoms with E-state index in [1.54, 1.807) is 0 Å². The average molecular weight is 211 g/mol. The first-order chi connectivity index (χ1) is 7.08. The van der Waals surface area contributed by atoms with Crippen LogP contribution in [0.3, 0.4) is 0 Å². The molecule has 0 saturated heterocycles. The summed E-state index contributed by atoms with van der Waals surface area (Å²) >= 11 is 0. The zero-order chi connectivity index (χ0) is 11.0. The van der Waals surface area contributed by atoms with Gasteiger partial charge in [0, 0.05) is 18.5 Å². The molecule has 2 fully saturated rings. The molecule has 0 heterocycles. The van der Waals surface area contributed by atoms with E-state index in [2.05, 4.69) is 25.8 Å². The second kappa shape index (κ2) is 4.42. The van der Waals surface area contributed by atoms with Crippen LogP contribution in [-0.4, -0.2) is 35.7 Å². The second-order valence-electron chi connectivity index (χ2n) is 5.96. The Balaban J connectivity index is 1.88. The lowest BCUT2D eigenvalue weighted by atomic mass is 9.73. The number of hydrogen-bond donors (Lipinski definition) is 1. The predicted octanol–water partition coefficient (Wildman–Crippen LogP) is 2.12. The Hall–Kier alpha value is -0.0800. The Morgan fingerprint density at radius 1 is 1.20 bits per heavy atom. The first-order valence-electron chi connectivity index (χ1n) is 6.46. The van der Waals surface area contributed by atoms with Crippen molar-refractivity contribution in [2.75, 3.05) is 13.6 Å². The van der Waals surface area contributed by atoms with Gasteiger partial charge in [0.1, 0.15) is 0 Å². The van der Waals surface area contributed by atoms with Gasteiger partial charge in [0.25, 0.3) is 0 Å². The van der Waals surface area contributed by atoms with Crippen molar-refractivity contribution in [1.82, 2.24) is 4.90 Å². The molecule has 0 aromatic heterocycles. The Labute approximate surface area is 93.7 Å². The van der Waals surface area contributed by atoms with Gasteiger partial charge in [-0.05, 0) is 44.6 Å². The normalized spacial score (nSPS) is 42.2. The number of hydrogen-bond acceptors (Lipinski definition) is 2. The molecule has 2 rings (SSSR count). The van der Waals surface area contributed by atoms with Crippen LogP contribution in [0.15, 0.2) is 0 Å². The Bertz CT molecular complexity index is 203. The minimum Gasteiger partial charge on any atom is -0.393 e. The fourth-order valence-corrected chi connectivity index (χ4v) is 3.17. The summed E-state index contributed by atoms with van der Waals surface area (Å²) in [5, 5.41) is 10.1. The van der Waals surface area contributed by atoms with Crippen LogP contribution in [0.2, 0.25) is 0 Å². The van der Waals surface area contributed by atoms with Gasteiger partial charge < -0.3 is 10.0 Å². The zero-order valence-electron chi connectivity index (χ0n) is 10.3. The maximum Gasteiger partial charge on any atom is 0.0585 e. The van der Waals surface area contributed by atoms with Gasteiger partial charge in [0.05, 0.1) is 6.10 Å². The molecule has 0 bridgehead atoms. The van der Waals surface area contributed by atoms with E-state index in [4.69, 9.17) is 0 Å². The highest BCUT2D eigenvalue weighted by Gasteiger charge is 2.36. The summed E-state index contributed by atoms with van der Waals surface area (Å²) in [5.74, 6) is 1.90. The standard InChI is InChI=1S/C13H25NO/c1-9-6-10(2)12(13(15)7-9)8-14(3)11-4-5-11/h9-13,15H,4-8H2,1-3H3.